The lowest BCUT2D eigenvalue weighted by atomic mass is 9.96. The summed E-state index contributed by atoms with van der Waals surface area (Å²) in [5, 5.41) is 10.5. The van der Waals surface area contributed by atoms with E-state index in [4.69, 9.17) is 0 Å². The van der Waals surface area contributed by atoms with Gasteiger partial charge in [0, 0.05) is 42.9 Å². The van der Waals surface area contributed by atoms with E-state index in [1.165, 1.54) is 22.3 Å². The van der Waals surface area contributed by atoms with E-state index in [-0.39, 0.29) is 6.04 Å². The molecule has 0 radical (unpaired) electrons. The van der Waals surface area contributed by atoms with E-state index < -0.39 is 0 Å². The molecule has 2 N–H and O–H groups in total. The average Bonchev–Trinajstić information content (AvgIpc) is 3.26. The fraction of sp³-hybridized carbons (Fsp3) is 0.150. The number of rotatable bonds is 3. The Hall–Kier alpha value is -3.01. The van der Waals surface area contributed by atoms with Gasteiger partial charge < -0.3 is 9.88 Å². The fourth-order valence-electron chi connectivity index (χ4n) is 3.15. The Balaban J connectivity index is 1.67. The van der Waals surface area contributed by atoms with Crippen molar-refractivity contribution < 1.29 is 0 Å². The predicted molar refractivity (Wildman–Crippen MR) is 98.0 cm³/mol. The van der Waals surface area contributed by atoms with Gasteiger partial charge in [-0.15, -0.1) is 0 Å². The summed E-state index contributed by atoms with van der Waals surface area (Å²) in [7, 11) is 2.04. The molecule has 120 valence electrons. The largest absolute Gasteiger partial charge is 0.378 e. The van der Waals surface area contributed by atoms with E-state index in [1.807, 2.05) is 19.4 Å². The summed E-state index contributed by atoms with van der Waals surface area (Å²) in [6.45, 7) is 2.17. The number of hydrogen-bond donors (Lipinski definition) is 2. The number of aryl methyl sites for hydroxylation is 1. The topological polar surface area (TPSA) is 45.6 Å². The van der Waals surface area contributed by atoms with Gasteiger partial charge in [-0.1, -0.05) is 24.3 Å². The van der Waals surface area contributed by atoms with E-state index >= 15 is 0 Å². The molecule has 0 spiro atoms. The molecule has 0 aliphatic carbocycles. The third-order valence-corrected chi connectivity index (χ3v) is 4.44. The molecule has 0 bridgehead atoms. The quantitative estimate of drug-likeness (QED) is 0.771. The third-order valence-electron chi connectivity index (χ3n) is 4.44. The number of nitrogens with one attached hydrogen (secondary N) is 2. The van der Waals surface area contributed by atoms with Crippen LogP contribution in [0.1, 0.15) is 18.1 Å². The molecule has 0 amide bonds. The van der Waals surface area contributed by atoms with Crippen LogP contribution < -0.4 is 5.32 Å². The molecule has 0 fully saturated rings. The van der Waals surface area contributed by atoms with Crippen LogP contribution in [0.4, 0.5) is 0 Å². The molecule has 4 rings (SSSR count). The molecule has 1 aromatic carbocycles. The van der Waals surface area contributed by atoms with Gasteiger partial charge in [0.25, 0.3) is 0 Å². The zero-order chi connectivity index (χ0) is 16.5. The van der Waals surface area contributed by atoms with Crippen molar-refractivity contribution in [1.29, 1.82) is 0 Å². The van der Waals surface area contributed by atoms with Gasteiger partial charge in [0.15, 0.2) is 0 Å². The number of nitrogens with zero attached hydrogens (tertiary/aromatic N) is 2. The molecule has 3 aromatic rings. The Bertz CT molecular complexity index is 913. The Labute approximate surface area is 141 Å². The van der Waals surface area contributed by atoms with E-state index in [0.29, 0.717) is 0 Å². The predicted octanol–water partition coefficient (Wildman–Crippen LogP) is 3.83. The minimum absolute atomic E-state index is 0.239. The second-order valence-corrected chi connectivity index (χ2v) is 6.20. The summed E-state index contributed by atoms with van der Waals surface area (Å²) in [6, 6.07) is 11.0. The Morgan fingerprint density at radius 2 is 1.92 bits per heavy atom. The molecule has 1 atom stereocenters. The smallest absolute Gasteiger partial charge is 0.0563 e. The highest BCUT2D eigenvalue weighted by atomic mass is 15.1. The first kappa shape index (κ1) is 14.6. The summed E-state index contributed by atoms with van der Waals surface area (Å²) in [4.78, 5) is 0. The lowest BCUT2D eigenvalue weighted by Gasteiger charge is -2.24. The Kier molecular flexibility index (Phi) is 3.58. The van der Waals surface area contributed by atoms with Crippen molar-refractivity contribution in [3.8, 4) is 11.1 Å². The number of aromatic nitrogens is 3. The van der Waals surface area contributed by atoms with E-state index in [2.05, 4.69) is 81.9 Å². The zero-order valence-electron chi connectivity index (χ0n) is 13.8. The fourth-order valence-corrected chi connectivity index (χ4v) is 3.15. The normalized spacial score (nSPS) is 17.2. The van der Waals surface area contributed by atoms with Crippen LogP contribution in [0.5, 0.6) is 0 Å². The van der Waals surface area contributed by atoms with Gasteiger partial charge >= 0.3 is 0 Å². The monoisotopic (exact) mass is 316 g/mol. The minimum Gasteiger partial charge on any atom is -0.378 e. The molecule has 24 heavy (non-hydrogen) atoms. The molecule has 3 heterocycles. The molecule has 0 saturated carbocycles. The molecular weight excluding hydrogens is 296 g/mol. The van der Waals surface area contributed by atoms with Crippen molar-refractivity contribution in [2.24, 2.45) is 7.05 Å². The Morgan fingerprint density at radius 3 is 2.62 bits per heavy atom. The van der Waals surface area contributed by atoms with E-state index in [1.54, 1.807) is 0 Å². The lowest BCUT2D eigenvalue weighted by molar-refractivity contribution is 0.796. The highest BCUT2D eigenvalue weighted by Crippen LogP contribution is 2.28. The van der Waals surface area contributed by atoms with Crippen LogP contribution in [-0.2, 0) is 7.05 Å². The minimum atomic E-state index is 0.239. The molecule has 4 heteroatoms. The molecule has 4 nitrogen and oxygen atoms in total. The van der Waals surface area contributed by atoms with Crippen molar-refractivity contribution in [3.05, 3.63) is 78.4 Å². The highest BCUT2D eigenvalue weighted by Gasteiger charge is 2.17. The lowest BCUT2D eigenvalue weighted by Crippen LogP contribution is -2.28. The third kappa shape index (κ3) is 2.67. The number of aromatic amines is 1. The number of benzene rings is 1. The first-order chi connectivity index (χ1) is 11.7. The Morgan fingerprint density at radius 1 is 1.04 bits per heavy atom. The highest BCUT2D eigenvalue weighted by molar-refractivity contribution is 5.80. The van der Waals surface area contributed by atoms with Crippen molar-refractivity contribution in [1.82, 2.24) is 20.1 Å². The van der Waals surface area contributed by atoms with Crippen LogP contribution >= 0.6 is 0 Å². The number of dihydropyridines is 1. The molecule has 1 unspecified atom stereocenters. The maximum atomic E-state index is 4.04. The van der Waals surface area contributed by atoms with Crippen LogP contribution in [-0.4, -0.2) is 20.8 Å². The van der Waals surface area contributed by atoms with Gasteiger partial charge in [-0.3, -0.25) is 5.10 Å². The second kappa shape index (κ2) is 5.89. The molecule has 1 aliphatic heterocycles. The molecular formula is C20H20N4. The first-order valence-corrected chi connectivity index (χ1v) is 8.11. The SMILES string of the molecule is CC1NC(c2cccc(-c3ccn(C)c3)c2)=CC=C1c1cn[nH]c1. The summed E-state index contributed by atoms with van der Waals surface area (Å²) in [5.41, 5.74) is 7.18. The van der Waals surface area contributed by atoms with Crippen molar-refractivity contribution in [2.45, 2.75) is 13.0 Å². The van der Waals surface area contributed by atoms with Gasteiger partial charge in [0.05, 0.1) is 6.20 Å². The van der Waals surface area contributed by atoms with Crippen molar-refractivity contribution >= 4 is 11.3 Å². The first-order valence-electron chi connectivity index (χ1n) is 8.11. The van der Waals surface area contributed by atoms with Gasteiger partial charge in [-0.2, -0.15) is 5.10 Å². The van der Waals surface area contributed by atoms with Gasteiger partial charge in [-0.25, -0.2) is 0 Å². The van der Waals surface area contributed by atoms with Crippen LogP contribution in [0.15, 0.2) is 67.3 Å². The van der Waals surface area contributed by atoms with Crippen LogP contribution in [0.25, 0.3) is 22.4 Å². The second-order valence-electron chi connectivity index (χ2n) is 6.20. The summed E-state index contributed by atoms with van der Waals surface area (Å²) < 4.78 is 2.07. The van der Waals surface area contributed by atoms with Gasteiger partial charge in [0.1, 0.15) is 0 Å². The zero-order valence-corrected chi connectivity index (χ0v) is 13.8. The summed E-state index contributed by atoms with van der Waals surface area (Å²) in [6.07, 6.45) is 12.3. The molecule has 0 saturated heterocycles. The van der Waals surface area contributed by atoms with Gasteiger partial charge in [0.2, 0.25) is 0 Å². The summed E-state index contributed by atoms with van der Waals surface area (Å²) in [5.74, 6) is 0. The molecule has 1 aliphatic rings. The number of hydrogen-bond acceptors (Lipinski definition) is 2. The number of allylic oxidation sites excluding steroid dienone is 2. The van der Waals surface area contributed by atoms with Crippen molar-refractivity contribution in [3.63, 3.8) is 0 Å². The van der Waals surface area contributed by atoms with E-state index in [9.17, 15) is 0 Å². The van der Waals surface area contributed by atoms with Crippen LogP contribution in [0.2, 0.25) is 0 Å². The summed E-state index contributed by atoms with van der Waals surface area (Å²) >= 11 is 0. The maximum Gasteiger partial charge on any atom is 0.0563 e. The van der Waals surface area contributed by atoms with Gasteiger partial charge in [-0.05, 0) is 47.4 Å². The maximum absolute atomic E-state index is 4.04. The average molecular weight is 316 g/mol. The standard InChI is InChI=1S/C20H20N4/c1-14-19(18-11-21-22-12-18)6-7-20(23-14)16-5-3-4-15(10-16)17-8-9-24(2)13-17/h3-14,23H,1-2H3,(H,21,22). The van der Waals surface area contributed by atoms with Crippen LogP contribution in [0, 0.1) is 0 Å². The van der Waals surface area contributed by atoms with Crippen LogP contribution in [0.3, 0.4) is 0 Å². The van der Waals surface area contributed by atoms with E-state index in [0.717, 1.165) is 11.3 Å². The number of H-pyrrole nitrogens is 1. The molecule has 2 aromatic heterocycles. The van der Waals surface area contributed by atoms with Crippen molar-refractivity contribution in [2.75, 3.05) is 0 Å².